The van der Waals surface area contributed by atoms with E-state index >= 15 is 0 Å². The van der Waals surface area contributed by atoms with Crippen molar-refractivity contribution in [1.82, 2.24) is 4.90 Å². The summed E-state index contributed by atoms with van der Waals surface area (Å²) in [6.07, 6.45) is 0.468. The van der Waals surface area contributed by atoms with Crippen molar-refractivity contribution in [3.63, 3.8) is 0 Å². The SMILES string of the molecule is Cc1cc(Br)ccc1C(=O)N1C[C@H]2COCC[C@@]2(C(=O)O)C1. The van der Waals surface area contributed by atoms with E-state index in [1.165, 1.54) is 0 Å². The van der Waals surface area contributed by atoms with Crippen molar-refractivity contribution >= 4 is 27.8 Å². The van der Waals surface area contributed by atoms with Crippen LogP contribution in [0.2, 0.25) is 0 Å². The van der Waals surface area contributed by atoms with E-state index in [4.69, 9.17) is 4.74 Å². The Morgan fingerprint density at radius 3 is 2.86 bits per heavy atom. The van der Waals surface area contributed by atoms with Crippen LogP contribution in [0, 0.1) is 18.3 Å². The number of ether oxygens (including phenoxy) is 1. The summed E-state index contributed by atoms with van der Waals surface area (Å²) in [4.78, 5) is 26.2. The van der Waals surface area contributed by atoms with Crippen LogP contribution in [0.25, 0.3) is 0 Å². The second kappa shape index (κ2) is 5.66. The standard InChI is InChI=1S/C16H18BrNO4/c1-10-6-12(17)2-3-13(10)14(19)18-7-11-8-22-5-4-16(11,9-18)15(20)21/h2-3,6,11H,4-5,7-9H2,1H3,(H,20,21)/t11-,16+/m0/s1. The van der Waals surface area contributed by atoms with Crippen molar-refractivity contribution in [2.24, 2.45) is 11.3 Å². The third-order valence-electron chi connectivity index (χ3n) is 4.84. The van der Waals surface area contributed by atoms with Crippen LogP contribution in [0.5, 0.6) is 0 Å². The second-order valence-electron chi connectivity index (χ2n) is 6.13. The van der Waals surface area contributed by atoms with Gasteiger partial charge in [-0.25, -0.2) is 0 Å². The van der Waals surface area contributed by atoms with Gasteiger partial charge < -0.3 is 14.7 Å². The lowest BCUT2D eigenvalue weighted by Crippen LogP contribution is -2.45. The number of aryl methyl sites for hydroxylation is 1. The molecule has 0 radical (unpaired) electrons. The average molecular weight is 368 g/mol. The molecule has 0 spiro atoms. The van der Waals surface area contributed by atoms with E-state index in [0.29, 0.717) is 31.7 Å². The van der Waals surface area contributed by atoms with Crippen molar-refractivity contribution in [3.8, 4) is 0 Å². The number of carboxylic acids is 1. The van der Waals surface area contributed by atoms with Crippen LogP contribution in [-0.2, 0) is 9.53 Å². The summed E-state index contributed by atoms with van der Waals surface area (Å²) in [7, 11) is 0. The lowest BCUT2D eigenvalue weighted by molar-refractivity contribution is -0.157. The van der Waals surface area contributed by atoms with Gasteiger partial charge in [0.1, 0.15) is 0 Å². The van der Waals surface area contributed by atoms with Crippen molar-refractivity contribution < 1.29 is 19.4 Å². The van der Waals surface area contributed by atoms with Crippen LogP contribution in [0.3, 0.4) is 0 Å². The zero-order valence-electron chi connectivity index (χ0n) is 12.3. The molecule has 2 heterocycles. The topological polar surface area (TPSA) is 66.8 Å². The Morgan fingerprint density at radius 2 is 2.23 bits per heavy atom. The summed E-state index contributed by atoms with van der Waals surface area (Å²) >= 11 is 3.39. The Kier molecular flexibility index (Phi) is 3.99. The molecule has 5 nitrogen and oxygen atoms in total. The van der Waals surface area contributed by atoms with Gasteiger partial charge >= 0.3 is 5.97 Å². The van der Waals surface area contributed by atoms with Crippen LogP contribution < -0.4 is 0 Å². The number of carboxylic acid groups (broad SMARTS) is 1. The molecule has 1 aromatic carbocycles. The van der Waals surface area contributed by atoms with Crippen molar-refractivity contribution in [3.05, 3.63) is 33.8 Å². The number of nitrogens with zero attached hydrogens (tertiary/aromatic N) is 1. The van der Waals surface area contributed by atoms with Crippen molar-refractivity contribution in [2.45, 2.75) is 13.3 Å². The van der Waals surface area contributed by atoms with Gasteiger partial charge in [-0.3, -0.25) is 9.59 Å². The van der Waals surface area contributed by atoms with Gasteiger partial charge in [-0.2, -0.15) is 0 Å². The first-order chi connectivity index (χ1) is 10.4. The van der Waals surface area contributed by atoms with E-state index in [-0.39, 0.29) is 18.4 Å². The van der Waals surface area contributed by atoms with Crippen LogP contribution in [-0.4, -0.2) is 48.2 Å². The van der Waals surface area contributed by atoms with Crippen LogP contribution in [0.4, 0.5) is 0 Å². The lowest BCUT2D eigenvalue weighted by atomic mass is 9.74. The molecule has 2 fully saturated rings. The number of halogens is 1. The second-order valence-corrected chi connectivity index (χ2v) is 7.04. The first-order valence-electron chi connectivity index (χ1n) is 7.30. The minimum Gasteiger partial charge on any atom is -0.481 e. The Bertz CT molecular complexity index is 633. The molecule has 2 saturated heterocycles. The van der Waals surface area contributed by atoms with E-state index in [0.717, 1.165) is 10.0 Å². The maximum atomic E-state index is 12.8. The fraction of sp³-hybridized carbons (Fsp3) is 0.500. The molecule has 0 aromatic heterocycles. The summed E-state index contributed by atoms with van der Waals surface area (Å²) in [6.45, 7) is 3.46. The highest BCUT2D eigenvalue weighted by Crippen LogP contribution is 2.43. The van der Waals surface area contributed by atoms with Gasteiger partial charge in [0.2, 0.25) is 0 Å². The van der Waals surface area contributed by atoms with Crippen molar-refractivity contribution in [1.29, 1.82) is 0 Å². The zero-order valence-corrected chi connectivity index (χ0v) is 13.9. The van der Waals surface area contributed by atoms with Gasteiger partial charge in [-0.1, -0.05) is 15.9 Å². The molecule has 22 heavy (non-hydrogen) atoms. The van der Waals surface area contributed by atoms with E-state index in [1.54, 1.807) is 11.0 Å². The number of rotatable bonds is 2. The number of carbonyl (C=O) groups is 2. The minimum absolute atomic E-state index is 0.0972. The monoisotopic (exact) mass is 367 g/mol. The number of amides is 1. The highest BCUT2D eigenvalue weighted by atomic mass is 79.9. The maximum absolute atomic E-state index is 12.8. The van der Waals surface area contributed by atoms with Crippen molar-refractivity contribution in [2.75, 3.05) is 26.3 Å². The molecule has 0 saturated carbocycles. The molecule has 1 amide bonds. The average Bonchev–Trinajstić information content (AvgIpc) is 2.87. The normalized spacial score (nSPS) is 27.5. The third-order valence-corrected chi connectivity index (χ3v) is 5.33. The van der Waals surface area contributed by atoms with Gasteiger partial charge in [0.05, 0.1) is 12.0 Å². The molecule has 118 valence electrons. The number of hydrogen-bond donors (Lipinski definition) is 1. The highest BCUT2D eigenvalue weighted by molar-refractivity contribution is 9.10. The molecule has 2 aliphatic heterocycles. The zero-order chi connectivity index (χ0) is 15.9. The highest BCUT2D eigenvalue weighted by Gasteiger charge is 2.55. The number of hydrogen-bond acceptors (Lipinski definition) is 3. The summed E-state index contributed by atoms with van der Waals surface area (Å²) < 4.78 is 6.35. The number of carbonyl (C=O) groups excluding carboxylic acids is 1. The van der Waals surface area contributed by atoms with Gasteiger partial charge in [0.25, 0.3) is 5.91 Å². The van der Waals surface area contributed by atoms with E-state index < -0.39 is 11.4 Å². The van der Waals surface area contributed by atoms with Gasteiger partial charge in [0.15, 0.2) is 0 Å². The molecule has 6 heteroatoms. The van der Waals surface area contributed by atoms with Crippen LogP contribution in [0.15, 0.2) is 22.7 Å². The number of benzene rings is 1. The Hall–Kier alpha value is -1.40. The maximum Gasteiger partial charge on any atom is 0.311 e. The molecule has 1 N–H and O–H groups in total. The van der Waals surface area contributed by atoms with Crippen LogP contribution in [0.1, 0.15) is 22.3 Å². The first-order valence-corrected chi connectivity index (χ1v) is 8.10. The largest absolute Gasteiger partial charge is 0.481 e. The molecule has 0 bridgehead atoms. The molecule has 2 atom stereocenters. The molecular weight excluding hydrogens is 350 g/mol. The third kappa shape index (κ3) is 2.44. The van der Waals surface area contributed by atoms with E-state index in [1.807, 2.05) is 19.1 Å². The molecule has 1 aromatic rings. The number of aliphatic carboxylic acids is 1. The van der Waals surface area contributed by atoms with Gasteiger partial charge in [-0.05, 0) is 37.1 Å². The summed E-state index contributed by atoms with van der Waals surface area (Å²) in [6, 6.07) is 5.51. The van der Waals surface area contributed by atoms with E-state index in [2.05, 4.69) is 15.9 Å². The smallest absolute Gasteiger partial charge is 0.311 e. The minimum atomic E-state index is -0.850. The number of likely N-dealkylation sites (tertiary alicyclic amines) is 1. The summed E-state index contributed by atoms with van der Waals surface area (Å²) in [5, 5.41) is 9.66. The van der Waals surface area contributed by atoms with Gasteiger partial charge in [0, 0.05) is 35.7 Å². The Labute approximate surface area is 137 Å². The van der Waals surface area contributed by atoms with E-state index in [9.17, 15) is 14.7 Å². The fourth-order valence-electron chi connectivity index (χ4n) is 3.49. The predicted octanol–water partition coefficient (Wildman–Crippen LogP) is 2.32. The lowest BCUT2D eigenvalue weighted by Gasteiger charge is -2.33. The quantitative estimate of drug-likeness (QED) is 0.870. The summed E-state index contributed by atoms with van der Waals surface area (Å²) in [5.41, 5.74) is 0.662. The Morgan fingerprint density at radius 1 is 1.45 bits per heavy atom. The summed E-state index contributed by atoms with van der Waals surface area (Å²) in [5.74, 6) is -1.04. The van der Waals surface area contributed by atoms with Gasteiger partial charge in [-0.15, -0.1) is 0 Å². The molecule has 0 unspecified atom stereocenters. The predicted molar refractivity (Wildman–Crippen MR) is 83.8 cm³/mol. The molecule has 3 rings (SSSR count). The van der Waals surface area contributed by atoms with Crippen LogP contribution >= 0.6 is 15.9 Å². The number of fused-ring (bicyclic) bond motifs is 1. The Balaban J connectivity index is 1.87. The molecule has 0 aliphatic carbocycles. The first kappa shape index (κ1) is 15.5. The fourth-order valence-corrected chi connectivity index (χ4v) is 3.97. The molecular formula is C16H18BrNO4. The molecule has 2 aliphatic rings.